The smallest absolute Gasteiger partial charge is 0.135 e. The maximum Gasteiger partial charge on any atom is 0.135 e. The highest BCUT2D eigenvalue weighted by Crippen LogP contribution is 2.52. The molecular weight excluding hydrogens is 827 g/mol. The summed E-state index contributed by atoms with van der Waals surface area (Å²) in [6.45, 7) is 0.729. The standard InChI is InChI=1S/C55H40BrN5O/c56-38-21-23-39(24-22-38)61-54(40-31-32-62-55(40)61)41-33-48-51(36-17-9-3-10-18-36)46-28-27-44(58-46)49(34-13-5-1-6-14-34)42-25-26-43(57-42)50(35-15-7-2-8-16-35)45-29-30-47(59-45)52(53(41)60-48)37-19-11-4-12-20-37/h1-30,33,40,54-55,58-59H,31-32H2/t40-,54-,55-/m0/s1. The molecule has 8 bridgehead atoms. The third-order valence-electron chi connectivity index (χ3n) is 12.7. The number of hydrogen-bond acceptors (Lipinski definition) is 4. The van der Waals surface area contributed by atoms with Crippen LogP contribution < -0.4 is 4.90 Å². The number of aromatic nitrogens is 4. The van der Waals surface area contributed by atoms with Gasteiger partial charge in [-0.25, -0.2) is 9.97 Å². The number of fused-ring (bicyclic) bond motifs is 9. The molecule has 0 spiro atoms. The Morgan fingerprint density at radius 3 is 1.45 bits per heavy atom. The third-order valence-corrected chi connectivity index (χ3v) is 13.2. The van der Waals surface area contributed by atoms with Gasteiger partial charge in [0.05, 0.1) is 28.8 Å². The Labute approximate surface area is 368 Å². The van der Waals surface area contributed by atoms with Gasteiger partial charge in [-0.2, -0.15) is 0 Å². The third kappa shape index (κ3) is 6.19. The van der Waals surface area contributed by atoms with E-state index in [2.05, 4.69) is 219 Å². The summed E-state index contributed by atoms with van der Waals surface area (Å²) in [5.74, 6) is 0.301. The van der Waals surface area contributed by atoms with E-state index in [0.717, 1.165) is 113 Å². The predicted molar refractivity (Wildman–Crippen MR) is 258 cm³/mol. The van der Waals surface area contributed by atoms with E-state index >= 15 is 0 Å². The fourth-order valence-electron chi connectivity index (χ4n) is 9.92. The van der Waals surface area contributed by atoms with Crippen LogP contribution in [0.25, 0.3) is 90.4 Å². The summed E-state index contributed by atoms with van der Waals surface area (Å²) in [5, 5.41) is 0. The minimum Gasteiger partial charge on any atom is -0.358 e. The molecule has 6 nitrogen and oxygen atoms in total. The number of anilines is 1. The maximum atomic E-state index is 6.49. The summed E-state index contributed by atoms with van der Waals surface area (Å²) in [6.07, 6.45) is 7.64. The highest BCUT2D eigenvalue weighted by Gasteiger charge is 2.54. The lowest BCUT2D eigenvalue weighted by Gasteiger charge is -2.53. The van der Waals surface area contributed by atoms with Crippen LogP contribution in [0, 0.1) is 5.92 Å². The van der Waals surface area contributed by atoms with Gasteiger partial charge in [0.1, 0.15) is 6.23 Å². The van der Waals surface area contributed by atoms with E-state index in [1.165, 1.54) is 5.57 Å². The van der Waals surface area contributed by atoms with Gasteiger partial charge in [-0.3, -0.25) is 0 Å². The number of ether oxygens (including phenoxy) is 1. The van der Waals surface area contributed by atoms with Gasteiger partial charge in [-0.15, -0.1) is 0 Å². The second-order valence-corrected chi connectivity index (χ2v) is 17.2. The summed E-state index contributed by atoms with van der Waals surface area (Å²) in [4.78, 5) is 21.6. The molecule has 2 saturated heterocycles. The van der Waals surface area contributed by atoms with Gasteiger partial charge in [-0.05, 0) is 95.4 Å². The van der Waals surface area contributed by atoms with Crippen LogP contribution in [-0.4, -0.2) is 38.8 Å². The molecule has 0 unspecified atom stereocenters. The van der Waals surface area contributed by atoms with E-state index in [1.54, 1.807) is 0 Å². The number of halogens is 1. The number of hydrogen-bond donors (Lipinski definition) is 2. The molecule has 2 N–H and O–H groups in total. The van der Waals surface area contributed by atoms with Crippen LogP contribution >= 0.6 is 15.9 Å². The van der Waals surface area contributed by atoms with Crippen LogP contribution in [0.1, 0.15) is 29.2 Å². The fourth-order valence-corrected chi connectivity index (χ4v) is 10.2. The second-order valence-electron chi connectivity index (χ2n) is 16.2. The van der Waals surface area contributed by atoms with Gasteiger partial charge in [0.15, 0.2) is 0 Å². The maximum absolute atomic E-state index is 6.49. The van der Waals surface area contributed by atoms with Crippen molar-refractivity contribution < 1.29 is 4.74 Å². The molecule has 8 aromatic rings. The van der Waals surface area contributed by atoms with Crippen molar-refractivity contribution in [3.63, 3.8) is 0 Å². The average Bonchev–Trinajstić information content (AvgIpc) is 4.18. The molecule has 4 aliphatic heterocycles. The van der Waals surface area contributed by atoms with Crippen LogP contribution in [0.3, 0.4) is 0 Å². The number of benzene rings is 5. The van der Waals surface area contributed by atoms with Crippen LogP contribution in [0.4, 0.5) is 5.69 Å². The summed E-state index contributed by atoms with van der Waals surface area (Å²) < 4.78 is 7.53. The highest BCUT2D eigenvalue weighted by atomic mass is 79.9. The monoisotopic (exact) mass is 865 g/mol. The molecule has 0 saturated carbocycles. The van der Waals surface area contributed by atoms with Gasteiger partial charge in [0, 0.05) is 72.6 Å². The number of nitrogens with zero attached hydrogens (tertiary/aromatic N) is 3. The van der Waals surface area contributed by atoms with Gasteiger partial charge in [0.25, 0.3) is 0 Å². The fraction of sp³-hybridized carbons (Fsp3) is 0.0909. The molecule has 5 aromatic carbocycles. The van der Waals surface area contributed by atoms with Crippen molar-refractivity contribution in [2.75, 3.05) is 11.5 Å². The van der Waals surface area contributed by atoms with Crippen LogP contribution in [0.5, 0.6) is 0 Å². The quantitative estimate of drug-likeness (QED) is 0.175. The molecule has 4 aliphatic rings. The van der Waals surface area contributed by atoms with Crippen molar-refractivity contribution in [1.29, 1.82) is 0 Å². The minimum absolute atomic E-state index is 0.00786. The SMILES string of the molecule is Brc1ccc(N2[C@H](C3=Cc4nc3c(-c3ccccc3)c3ccc([nH]3)c(-c3ccccc3)c3nc(c(-c5ccccc5)c5ccc([nH]5)c4-c4ccccc4)C=C3)[C@@H]3CCO[C@@H]32)cc1. The number of H-pyrrole nitrogens is 2. The van der Waals surface area contributed by atoms with E-state index in [4.69, 9.17) is 14.7 Å². The second kappa shape index (κ2) is 15.1. The largest absolute Gasteiger partial charge is 0.358 e. The Balaban J connectivity index is 1.25. The molecule has 298 valence electrons. The number of rotatable bonds is 6. The lowest BCUT2D eigenvalue weighted by Crippen LogP contribution is -2.62. The summed E-state index contributed by atoms with van der Waals surface area (Å²) in [6, 6.07) is 60.0. The molecule has 62 heavy (non-hydrogen) atoms. The van der Waals surface area contributed by atoms with E-state index in [0.29, 0.717) is 5.92 Å². The van der Waals surface area contributed by atoms with Crippen molar-refractivity contribution in [3.05, 3.63) is 197 Å². The van der Waals surface area contributed by atoms with Crippen molar-refractivity contribution >= 4 is 67.5 Å². The van der Waals surface area contributed by atoms with E-state index in [-0.39, 0.29) is 12.3 Å². The van der Waals surface area contributed by atoms with Gasteiger partial charge < -0.3 is 19.6 Å². The van der Waals surface area contributed by atoms with Gasteiger partial charge >= 0.3 is 0 Å². The zero-order chi connectivity index (χ0) is 41.1. The zero-order valence-corrected chi connectivity index (χ0v) is 35.3. The van der Waals surface area contributed by atoms with Crippen molar-refractivity contribution in [1.82, 2.24) is 19.9 Å². The highest BCUT2D eigenvalue weighted by molar-refractivity contribution is 9.10. The van der Waals surface area contributed by atoms with E-state index in [9.17, 15) is 0 Å². The molecule has 0 amide bonds. The Hall–Kier alpha value is -7.06. The first-order valence-electron chi connectivity index (χ1n) is 21.2. The Kier molecular flexibility index (Phi) is 8.97. The van der Waals surface area contributed by atoms with E-state index < -0.39 is 0 Å². The molecule has 3 aromatic heterocycles. The molecule has 2 fully saturated rings. The normalized spacial score (nSPS) is 17.7. The Bertz CT molecular complexity index is 3230. The molecule has 0 radical (unpaired) electrons. The average molecular weight is 867 g/mol. The molecule has 7 heteroatoms. The van der Waals surface area contributed by atoms with Crippen molar-refractivity contribution in [2.45, 2.75) is 18.7 Å². The molecular formula is C55H40BrN5O. The lowest BCUT2D eigenvalue weighted by atomic mass is 9.78. The van der Waals surface area contributed by atoms with E-state index in [1.807, 2.05) is 0 Å². The van der Waals surface area contributed by atoms with Crippen molar-refractivity contribution in [2.24, 2.45) is 5.92 Å². The molecule has 3 atom stereocenters. The van der Waals surface area contributed by atoms with Gasteiger partial charge in [-0.1, -0.05) is 137 Å². The van der Waals surface area contributed by atoms with Gasteiger partial charge in [0.2, 0.25) is 0 Å². The first-order chi connectivity index (χ1) is 30.7. The summed E-state index contributed by atoms with van der Waals surface area (Å²) >= 11 is 3.68. The minimum atomic E-state index is -0.00786. The first-order valence-corrected chi connectivity index (χ1v) is 22.0. The molecule has 12 rings (SSSR count). The van der Waals surface area contributed by atoms with Crippen LogP contribution in [0.2, 0.25) is 0 Å². The molecule has 7 heterocycles. The predicted octanol–water partition coefficient (Wildman–Crippen LogP) is 13.7. The topological polar surface area (TPSA) is 69.8 Å². The number of aromatic amines is 2. The zero-order valence-electron chi connectivity index (χ0n) is 33.7. The van der Waals surface area contributed by atoms with Crippen LogP contribution in [0.15, 0.2) is 174 Å². The Morgan fingerprint density at radius 1 is 0.500 bits per heavy atom. The lowest BCUT2D eigenvalue weighted by molar-refractivity contribution is 0.0353. The summed E-state index contributed by atoms with van der Waals surface area (Å²) in [7, 11) is 0. The molecule has 0 aliphatic carbocycles. The number of nitrogens with one attached hydrogen (secondary N) is 2. The van der Waals surface area contributed by atoms with Crippen LogP contribution in [-0.2, 0) is 4.74 Å². The Morgan fingerprint density at radius 2 is 0.952 bits per heavy atom. The van der Waals surface area contributed by atoms with Crippen molar-refractivity contribution in [3.8, 4) is 44.5 Å². The summed E-state index contributed by atoms with van der Waals surface area (Å²) in [5.41, 5.74) is 18.4. The first kappa shape index (κ1) is 36.8.